The van der Waals surface area contributed by atoms with Crippen LogP contribution in [0.25, 0.3) is 0 Å². The zero-order valence-electron chi connectivity index (χ0n) is 15.3. The van der Waals surface area contributed by atoms with Gasteiger partial charge >= 0.3 is 5.91 Å². The van der Waals surface area contributed by atoms with E-state index in [1.54, 1.807) is 17.7 Å². The molecule has 29 heavy (non-hydrogen) atoms. The average Bonchev–Trinajstić information content (AvgIpc) is 3.40. The van der Waals surface area contributed by atoms with Crippen LogP contribution in [0.1, 0.15) is 22.5 Å². The minimum Gasteiger partial charge on any atom is -0.485 e. The fourth-order valence-corrected chi connectivity index (χ4v) is 3.36. The molecule has 1 aliphatic heterocycles. The standard InChI is InChI=1S/C18H17N5O5S/c1-23-16(14-9-27-11-5-2-3-6-12(11)28-14)20-22-18(23)29-10-15(24)19-21-17(25)13-7-4-8-26-13/h2-8,14H,9-10H2,1H3,(H,19,24)(H,21,25). The highest BCUT2D eigenvalue weighted by Gasteiger charge is 2.27. The van der Waals surface area contributed by atoms with E-state index in [-0.39, 0.29) is 11.5 Å². The van der Waals surface area contributed by atoms with Crippen molar-refractivity contribution in [3.05, 3.63) is 54.2 Å². The summed E-state index contributed by atoms with van der Waals surface area (Å²) < 4.78 is 18.4. The smallest absolute Gasteiger partial charge is 0.305 e. The van der Waals surface area contributed by atoms with Gasteiger partial charge < -0.3 is 18.5 Å². The van der Waals surface area contributed by atoms with Crippen LogP contribution >= 0.6 is 11.8 Å². The quantitative estimate of drug-likeness (QED) is 0.475. The summed E-state index contributed by atoms with van der Waals surface area (Å²) in [5.41, 5.74) is 4.60. The van der Waals surface area contributed by atoms with Crippen LogP contribution in [0.3, 0.4) is 0 Å². The minimum absolute atomic E-state index is 0.0370. The molecule has 0 radical (unpaired) electrons. The summed E-state index contributed by atoms with van der Waals surface area (Å²) in [7, 11) is 1.79. The Kier molecular flexibility index (Phi) is 5.38. The number of hydrogen-bond acceptors (Lipinski definition) is 8. The number of hydrogen-bond donors (Lipinski definition) is 2. The summed E-state index contributed by atoms with van der Waals surface area (Å²) in [6.45, 7) is 0.312. The normalized spacial score (nSPS) is 15.0. The van der Waals surface area contributed by atoms with Crippen molar-refractivity contribution in [2.45, 2.75) is 11.3 Å². The molecule has 2 N–H and O–H groups in total. The van der Waals surface area contributed by atoms with Crippen LogP contribution in [0.15, 0.2) is 52.2 Å². The van der Waals surface area contributed by atoms with Gasteiger partial charge in [0.25, 0.3) is 0 Å². The molecule has 3 heterocycles. The molecule has 0 spiro atoms. The maximum Gasteiger partial charge on any atom is 0.305 e. The van der Waals surface area contributed by atoms with E-state index in [2.05, 4.69) is 21.0 Å². The minimum atomic E-state index is -0.538. The number of carbonyl (C=O) groups is 2. The first-order valence-electron chi connectivity index (χ1n) is 8.65. The first-order chi connectivity index (χ1) is 14.1. The molecule has 2 amide bonds. The van der Waals surface area contributed by atoms with Gasteiger partial charge in [0.15, 0.2) is 34.3 Å². The van der Waals surface area contributed by atoms with Gasteiger partial charge in [-0.25, -0.2) is 0 Å². The Balaban J connectivity index is 1.31. The summed E-state index contributed by atoms with van der Waals surface area (Å²) in [4.78, 5) is 23.7. The number of thioether (sulfide) groups is 1. The van der Waals surface area contributed by atoms with Crippen molar-refractivity contribution in [2.24, 2.45) is 7.05 Å². The number of ether oxygens (including phenoxy) is 2. The highest BCUT2D eigenvalue weighted by molar-refractivity contribution is 7.99. The Bertz CT molecular complexity index is 1020. The lowest BCUT2D eigenvalue weighted by atomic mass is 10.2. The Hall–Kier alpha value is -3.47. The third-order valence-electron chi connectivity index (χ3n) is 4.06. The molecule has 4 rings (SSSR count). The molecule has 1 aromatic carbocycles. The summed E-state index contributed by atoms with van der Waals surface area (Å²) in [5, 5.41) is 8.82. The van der Waals surface area contributed by atoms with Crippen molar-refractivity contribution in [1.82, 2.24) is 25.6 Å². The number of aromatic nitrogens is 3. The molecule has 0 fully saturated rings. The summed E-state index contributed by atoms with van der Waals surface area (Å²) >= 11 is 1.18. The van der Waals surface area contributed by atoms with E-state index in [1.165, 1.54) is 24.1 Å². The average molecular weight is 415 g/mol. The van der Waals surface area contributed by atoms with Crippen LogP contribution in [0.4, 0.5) is 0 Å². The SMILES string of the molecule is Cn1c(SCC(=O)NNC(=O)c2ccco2)nnc1C1COc2ccccc2O1. The second-order valence-electron chi connectivity index (χ2n) is 6.03. The zero-order chi connectivity index (χ0) is 20.2. The maximum absolute atomic E-state index is 12.0. The molecule has 3 aromatic rings. The van der Waals surface area contributed by atoms with E-state index in [1.807, 2.05) is 24.3 Å². The van der Waals surface area contributed by atoms with Gasteiger partial charge in [0.05, 0.1) is 12.0 Å². The molecule has 0 saturated heterocycles. The molecule has 1 aliphatic rings. The zero-order valence-corrected chi connectivity index (χ0v) is 16.1. The lowest BCUT2D eigenvalue weighted by molar-refractivity contribution is -0.119. The van der Waals surface area contributed by atoms with Crippen molar-refractivity contribution in [1.29, 1.82) is 0 Å². The van der Waals surface area contributed by atoms with Gasteiger partial charge in [0, 0.05) is 7.05 Å². The number of hydrazine groups is 1. The van der Waals surface area contributed by atoms with E-state index in [0.717, 1.165) is 0 Å². The first-order valence-corrected chi connectivity index (χ1v) is 9.63. The van der Waals surface area contributed by atoms with Crippen molar-refractivity contribution < 1.29 is 23.5 Å². The maximum atomic E-state index is 12.0. The Morgan fingerprint density at radius 2 is 2.00 bits per heavy atom. The lowest BCUT2D eigenvalue weighted by Gasteiger charge is -2.25. The summed E-state index contributed by atoms with van der Waals surface area (Å²) in [6, 6.07) is 10.5. The highest BCUT2D eigenvalue weighted by Crippen LogP contribution is 2.35. The second kappa shape index (κ2) is 8.27. The van der Waals surface area contributed by atoms with Crippen molar-refractivity contribution in [3.63, 3.8) is 0 Å². The van der Waals surface area contributed by atoms with Crippen molar-refractivity contribution >= 4 is 23.6 Å². The summed E-state index contributed by atoms with van der Waals surface area (Å²) in [6.07, 6.45) is 0.968. The number of nitrogens with zero attached hydrogens (tertiary/aromatic N) is 3. The first kappa shape index (κ1) is 18.9. The molecular weight excluding hydrogens is 398 g/mol. The largest absolute Gasteiger partial charge is 0.485 e. The van der Waals surface area contributed by atoms with E-state index in [4.69, 9.17) is 13.9 Å². The van der Waals surface area contributed by atoms with Gasteiger partial charge in [-0.05, 0) is 24.3 Å². The molecule has 1 atom stereocenters. The van der Waals surface area contributed by atoms with Crippen LogP contribution in [0.5, 0.6) is 11.5 Å². The topological polar surface area (TPSA) is 121 Å². The molecule has 0 saturated carbocycles. The molecule has 10 nitrogen and oxygen atoms in total. The van der Waals surface area contributed by atoms with Gasteiger partial charge in [0.2, 0.25) is 5.91 Å². The molecular formula is C18H17N5O5S. The van der Waals surface area contributed by atoms with Gasteiger partial charge in [-0.3, -0.25) is 20.4 Å². The molecule has 2 aromatic heterocycles. The number of rotatable bonds is 5. The van der Waals surface area contributed by atoms with Crippen LogP contribution < -0.4 is 20.3 Å². The number of furan rings is 1. The third-order valence-corrected chi connectivity index (χ3v) is 5.08. The molecule has 0 aliphatic carbocycles. The van der Waals surface area contributed by atoms with Crippen molar-refractivity contribution in [2.75, 3.05) is 12.4 Å². The predicted octanol–water partition coefficient (Wildman–Crippen LogP) is 1.47. The van der Waals surface area contributed by atoms with Crippen molar-refractivity contribution in [3.8, 4) is 11.5 Å². The van der Waals surface area contributed by atoms with Gasteiger partial charge in [-0.2, -0.15) is 0 Å². The Labute approximate surface area is 169 Å². The fraction of sp³-hybridized carbons (Fsp3) is 0.222. The van der Waals surface area contributed by atoms with E-state index >= 15 is 0 Å². The second-order valence-corrected chi connectivity index (χ2v) is 6.97. The molecule has 0 bridgehead atoms. The van der Waals surface area contributed by atoms with Gasteiger partial charge in [-0.1, -0.05) is 23.9 Å². The van der Waals surface area contributed by atoms with Gasteiger partial charge in [0.1, 0.15) is 6.61 Å². The number of carbonyl (C=O) groups excluding carboxylic acids is 2. The third kappa shape index (κ3) is 4.19. The van der Waals surface area contributed by atoms with E-state index < -0.39 is 17.9 Å². The highest BCUT2D eigenvalue weighted by atomic mass is 32.2. The molecule has 1 unspecified atom stereocenters. The number of nitrogens with one attached hydrogen (secondary N) is 2. The van der Waals surface area contributed by atoms with E-state index in [9.17, 15) is 9.59 Å². The lowest BCUT2D eigenvalue weighted by Crippen LogP contribution is -2.42. The Morgan fingerprint density at radius 1 is 1.17 bits per heavy atom. The van der Waals surface area contributed by atoms with E-state index in [0.29, 0.717) is 29.1 Å². The molecule has 150 valence electrons. The number of fused-ring (bicyclic) bond motifs is 1. The van der Waals surface area contributed by atoms with Crippen LogP contribution in [-0.4, -0.2) is 38.9 Å². The Morgan fingerprint density at radius 3 is 2.79 bits per heavy atom. The van der Waals surface area contributed by atoms with Gasteiger partial charge in [-0.15, -0.1) is 10.2 Å². The fourth-order valence-electron chi connectivity index (χ4n) is 2.64. The van der Waals surface area contributed by atoms with Crippen LogP contribution in [-0.2, 0) is 11.8 Å². The summed E-state index contributed by atoms with van der Waals surface area (Å²) in [5.74, 6) is 1.13. The number of amides is 2. The number of para-hydroxylation sites is 2. The molecule has 11 heteroatoms. The number of benzene rings is 1. The predicted molar refractivity (Wildman–Crippen MR) is 101 cm³/mol. The van der Waals surface area contributed by atoms with Crippen LogP contribution in [0.2, 0.25) is 0 Å². The van der Waals surface area contributed by atoms with Crippen LogP contribution in [0, 0.1) is 0 Å². The monoisotopic (exact) mass is 415 g/mol.